The molecule has 4 nitrogen and oxygen atoms in total. The van der Waals surface area contributed by atoms with Crippen molar-refractivity contribution in [2.45, 2.75) is 27.3 Å². The van der Waals surface area contributed by atoms with Gasteiger partial charge in [-0.1, -0.05) is 0 Å². The molecule has 0 aliphatic rings. The first-order valence-electron chi connectivity index (χ1n) is 4.73. The number of rotatable bonds is 4. The topological polar surface area (TPSA) is 59.3 Å². The molecule has 1 heterocycles. The SMILES string of the molecule is CC(=O)c1ccn(CC(C)(C)C(=O)O)c1. The number of carbonyl (C=O) groups is 2. The summed E-state index contributed by atoms with van der Waals surface area (Å²) in [6.45, 7) is 5.16. The maximum absolute atomic E-state index is 11.0. The van der Waals surface area contributed by atoms with E-state index in [0.717, 1.165) is 0 Å². The number of carbonyl (C=O) groups excluding carboxylic acids is 1. The van der Waals surface area contributed by atoms with E-state index in [4.69, 9.17) is 5.11 Å². The maximum Gasteiger partial charge on any atom is 0.310 e. The van der Waals surface area contributed by atoms with Crippen molar-refractivity contribution >= 4 is 11.8 Å². The minimum atomic E-state index is -0.847. The van der Waals surface area contributed by atoms with E-state index in [1.807, 2.05) is 0 Å². The second kappa shape index (κ2) is 3.88. The van der Waals surface area contributed by atoms with Gasteiger partial charge in [-0.15, -0.1) is 0 Å². The number of carboxylic acids is 1. The summed E-state index contributed by atoms with van der Waals surface area (Å²) in [4.78, 5) is 21.9. The third-order valence-electron chi connectivity index (χ3n) is 2.31. The predicted molar refractivity (Wildman–Crippen MR) is 55.9 cm³/mol. The van der Waals surface area contributed by atoms with Crippen LogP contribution < -0.4 is 0 Å². The maximum atomic E-state index is 11.0. The molecule has 0 aromatic carbocycles. The molecule has 0 aliphatic heterocycles. The van der Waals surface area contributed by atoms with Crippen LogP contribution >= 0.6 is 0 Å². The number of aliphatic carboxylic acids is 1. The molecule has 0 fully saturated rings. The fourth-order valence-corrected chi connectivity index (χ4v) is 1.27. The Balaban J connectivity index is 2.82. The lowest BCUT2D eigenvalue weighted by Gasteiger charge is -2.19. The van der Waals surface area contributed by atoms with Crippen molar-refractivity contribution in [1.82, 2.24) is 4.57 Å². The van der Waals surface area contributed by atoms with Gasteiger partial charge < -0.3 is 9.67 Å². The molecular weight excluding hydrogens is 194 g/mol. The summed E-state index contributed by atoms with van der Waals surface area (Å²) in [5, 5.41) is 8.94. The number of ketones is 1. The van der Waals surface area contributed by atoms with Crippen LogP contribution in [0.4, 0.5) is 0 Å². The van der Waals surface area contributed by atoms with Crippen molar-refractivity contribution in [3.8, 4) is 0 Å². The standard InChI is InChI=1S/C11H15NO3/c1-8(13)9-4-5-12(6-9)7-11(2,3)10(14)15/h4-6H,7H2,1-3H3,(H,14,15). The number of hydrogen-bond donors (Lipinski definition) is 1. The molecule has 1 aromatic rings. The number of nitrogens with zero attached hydrogens (tertiary/aromatic N) is 1. The van der Waals surface area contributed by atoms with Crippen LogP contribution in [0.2, 0.25) is 0 Å². The monoisotopic (exact) mass is 209 g/mol. The lowest BCUT2D eigenvalue weighted by Crippen LogP contribution is -2.28. The Bertz CT molecular complexity index is 390. The second-order valence-corrected chi connectivity index (χ2v) is 4.32. The van der Waals surface area contributed by atoms with Crippen LogP contribution in [0.5, 0.6) is 0 Å². The Labute approximate surface area is 88.5 Å². The Morgan fingerprint density at radius 1 is 1.47 bits per heavy atom. The molecule has 4 heteroatoms. The zero-order valence-corrected chi connectivity index (χ0v) is 9.15. The molecule has 1 aromatic heterocycles. The molecule has 0 spiro atoms. The van der Waals surface area contributed by atoms with Crippen LogP contribution in [-0.4, -0.2) is 21.4 Å². The molecule has 0 amide bonds. The molecule has 1 N–H and O–H groups in total. The Morgan fingerprint density at radius 3 is 2.47 bits per heavy atom. The molecular formula is C11H15NO3. The normalized spacial score (nSPS) is 11.4. The highest BCUT2D eigenvalue weighted by Gasteiger charge is 2.27. The smallest absolute Gasteiger partial charge is 0.310 e. The molecule has 1 rings (SSSR count). The summed E-state index contributed by atoms with van der Waals surface area (Å²) in [6.07, 6.45) is 3.40. The van der Waals surface area contributed by atoms with E-state index in [-0.39, 0.29) is 5.78 Å². The van der Waals surface area contributed by atoms with Crippen LogP contribution in [-0.2, 0) is 11.3 Å². The van der Waals surface area contributed by atoms with E-state index >= 15 is 0 Å². The van der Waals surface area contributed by atoms with Crippen LogP contribution in [0.25, 0.3) is 0 Å². The molecule has 0 saturated heterocycles. The number of aromatic nitrogens is 1. The minimum absolute atomic E-state index is 0.0121. The largest absolute Gasteiger partial charge is 0.481 e. The second-order valence-electron chi connectivity index (χ2n) is 4.32. The predicted octanol–water partition coefficient (Wildman–Crippen LogP) is 1.80. The quantitative estimate of drug-likeness (QED) is 0.769. The van der Waals surface area contributed by atoms with Gasteiger partial charge in [0.2, 0.25) is 0 Å². The van der Waals surface area contributed by atoms with Gasteiger partial charge in [-0.3, -0.25) is 9.59 Å². The lowest BCUT2D eigenvalue weighted by molar-refractivity contribution is -0.147. The van der Waals surface area contributed by atoms with Gasteiger partial charge in [-0.05, 0) is 26.8 Å². The van der Waals surface area contributed by atoms with Crippen LogP contribution in [0.1, 0.15) is 31.1 Å². The van der Waals surface area contributed by atoms with Crippen molar-refractivity contribution in [1.29, 1.82) is 0 Å². The van der Waals surface area contributed by atoms with Crippen LogP contribution in [0.15, 0.2) is 18.5 Å². The summed E-state index contributed by atoms with van der Waals surface area (Å²) >= 11 is 0. The Hall–Kier alpha value is -1.58. The summed E-state index contributed by atoms with van der Waals surface area (Å²) < 4.78 is 1.73. The van der Waals surface area contributed by atoms with Gasteiger partial charge in [0.05, 0.1) is 5.41 Å². The highest BCUT2D eigenvalue weighted by molar-refractivity contribution is 5.93. The number of Topliss-reactive ketones (excluding diaryl/α,β-unsaturated/α-hetero) is 1. The zero-order chi connectivity index (χ0) is 11.6. The first-order chi connectivity index (χ1) is 6.83. The molecule has 0 unspecified atom stereocenters. The highest BCUT2D eigenvalue weighted by Crippen LogP contribution is 2.18. The molecule has 0 radical (unpaired) electrons. The lowest BCUT2D eigenvalue weighted by atomic mass is 9.94. The van der Waals surface area contributed by atoms with E-state index in [9.17, 15) is 9.59 Å². The van der Waals surface area contributed by atoms with Crippen molar-refractivity contribution in [2.24, 2.45) is 5.41 Å². The Kier molecular flexibility index (Phi) is 2.98. The van der Waals surface area contributed by atoms with Gasteiger partial charge in [0.25, 0.3) is 0 Å². The number of hydrogen-bond acceptors (Lipinski definition) is 2. The summed E-state index contributed by atoms with van der Waals surface area (Å²) in [6, 6.07) is 1.69. The molecule has 82 valence electrons. The summed E-state index contributed by atoms with van der Waals surface area (Å²) in [5.74, 6) is -0.859. The van der Waals surface area contributed by atoms with Crippen molar-refractivity contribution in [2.75, 3.05) is 0 Å². The molecule has 0 saturated carbocycles. The fraction of sp³-hybridized carbons (Fsp3) is 0.455. The minimum Gasteiger partial charge on any atom is -0.481 e. The fourth-order valence-electron chi connectivity index (χ4n) is 1.27. The van der Waals surface area contributed by atoms with Crippen LogP contribution in [0, 0.1) is 5.41 Å². The van der Waals surface area contributed by atoms with Crippen molar-refractivity contribution < 1.29 is 14.7 Å². The van der Waals surface area contributed by atoms with Crippen molar-refractivity contribution in [3.63, 3.8) is 0 Å². The van der Waals surface area contributed by atoms with Crippen LogP contribution in [0.3, 0.4) is 0 Å². The van der Waals surface area contributed by atoms with Crippen molar-refractivity contribution in [3.05, 3.63) is 24.0 Å². The van der Waals surface area contributed by atoms with Gasteiger partial charge in [0, 0.05) is 24.5 Å². The average molecular weight is 209 g/mol. The van der Waals surface area contributed by atoms with Gasteiger partial charge in [0.1, 0.15) is 0 Å². The summed E-state index contributed by atoms with van der Waals surface area (Å²) in [7, 11) is 0. The molecule has 0 bridgehead atoms. The molecule has 15 heavy (non-hydrogen) atoms. The first-order valence-corrected chi connectivity index (χ1v) is 4.73. The third-order valence-corrected chi connectivity index (χ3v) is 2.31. The van der Waals surface area contributed by atoms with E-state index in [2.05, 4.69) is 0 Å². The van der Waals surface area contributed by atoms with Gasteiger partial charge in [-0.25, -0.2) is 0 Å². The van der Waals surface area contributed by atoms with Gasteiger partial charge >= 0.3 is 5.97 Å². The highest BCUT2D eigenvalue weighted by atomic mass is 16.4. The zero-order valence-electron chi connectivity index (χ0n) is 9.15. The third kappa shape index (κ3) is 2.68. The molecule has 0 atom stereocenters. The summed E-state index contributed by atoms with van der Waals surface area (Å²) in [5.41, 5.74) is -0.219. The van der Waals surface area contributed by atoms with E-state index in [1.54, 1.807) is 36.9 Å². The van der Waals surface area contributed by atoms with Gasteiger partial charge in [-0.2, -0.15) is 0 Å². The Morgan fingerprint density at radius 2 is 2.07 bits per heavy atom. The van der Waals surface area contributed by atoms with E-state index in [0.29, 0.717) is 12.1 Å². The van der Waals surface area contributed by atoms with E-state index in [1.165, 1.54) is 6.92 Å². The molecule has 0 aliphatic carbocycles. The first kappa shape index (κ1) is 11.5. The van der Waals surface area contributed by atoms with Gasteiger partial charge in [0.15, 0.2) is 5.78 Å². The average Bonchev–Trinajstić information content (AvgIpc) is 2.51. The number of carboxylic acid groups (broad SMARTS) is 1. The van der Waals surface area contributed by atoms with E-state index < -0.39 is 11.4 Å².